The highest BCUT2D eigenvalue weighted by Crippen LogP contribution is 2.13. The van der Waals surface area contributed by atoms with Gasteiger partial charge in [0.25, 0.3) is 0 Å². The standard InChI is InChI=1S/C23H28O4/c1-16-6-8-18(3)20(12-16)14-22(24)26-10-5-11-27-23(25)15-21-13-17(2)7-9-19(21)4/h6-9,12-13H,5,10-11,14-15H2,1-4H3. The van der Waals surface area contributed by atoms with Crippen molar-refractivity contribution in [3.8, 4) is 0 Å². The molecule has 0 aliphatic carbocycles. The van der Waals surface area contributed by atoms with E-state index in [1.54, 1.807) is 0 Å². The quantitative estimate of drug-likeness (QED) is 0.518. The lowest BCUT2D eigenvalue weighted by atomic mass is 10.0. The summed E-state index contributed by atoms with van der Waals surface area (Å²) in [5.74, 6) is -0.518. The topological polar surface area (TPSA) is 52.6 Å². The second-order valence-corrected chi connectivity index (χ2v) is 7.01. The van der Waals surface area contributed by atoms with E-state index in [9.17, 15) is 9.59 Å². The van der Waals surface area contributed by atoms with Crippen molar-refractivity contribution in [1.29, 1.82) is 0 Å². The molecule has 0 spiro atoms. The molecule has 144 valence electrons. The van der Waals surface area contributed by atoms with Crippen molar-refractivity contribution in [2.45, 2.75) is 47.0 Å². The zero-order valence-corrected chi connectivity index (χ0v) is 16.6. The summed E-state index contributed by atoms with van der Waals surface area (Å²) in [6.45, 7) is 8.47. The van der Waals surface area contributed by atoms with E-state index < -0.39 is 0 Å². The number of rotatable bonds is 8. The van der Waals surface area contributed by atoms with Crippen molar-refractivity contribution in [1.82, 2.24) is 0 Å². The molecule has 0 radical (unpaired) electrons. The zero-order valence-electron chi connectivity index (χ0n) is 16.6. The van der Waals surface area contributed by atoms with Crippen LogP contribution in [-0.4, -0.2) is 25.2 Å². The monoisotopic (exact) mass is 368 g/mol. The number of hydrogen-bond donors (Lipinski definition) is 0. The van der Waals surface area contributed by atoms with Gasteiger partial charge in [-0.1, -0.05) is 47.5 Å². The Morgan fingerprint density at radius 2 is 1.11 bits per heavy atom. The predicted octanol–water partition coefficient (Wildman–Crippen LogP) is 4.18. The minimum absolute atomic E-state index is 0.250. The van der Waals surface area contributed by atoms with Gasteiger partial charge in [0.2, 0.25) is 0 Å². The van der Waals surface area contributed by atoms with Crippen molar-refractivity contribution in [2.75, 3.05) is 13.2 Å². The van der Waals surface area contributed by atoms with Gasteiger partial charge in [0, 0.05) is 6.42 Å². The molecule has 0 heterocycles. The van der Waals surface area contributed by atoms with Crippen LogP contribution in [0.4, 0.5) is 0 Å². The van der Waals surface area contributed by atoms with Crippen LogP contribution in [0.5, 0.6) is 0 Å². The second kappa shape index (κ2) is 9.91. The van der Waals surface area contributed by atoms with E-state index in [0.29, 0.717) is 6.42 Å². The highest BCUT2D eigenvalue weighted by molar-refractivity contribution is 5.73. The molecule has 2 aromatic rings. The lowest BCUT2D eigenvalue weighted by molar-refractivity contribution is -0.145. The summed E-state index contributed by atoms with van der Waals surface area (Å²) < 4.78 is 10.5. The Labute approximate surface area is 161 Å². The normalized spacial score (nSPS) is 10.5. The first-order chi connectivity index (χ1) is 12.8. The van der Waals surface area contributed by atoms with Crippen LogP contribution in [-0.2, 0) is 31.9 Å². The molecule has 0 saturated heterocycles. The van der Waals surface area contributed by atoms with E-state index in [1.807, 2.05) is 64.1 Å². The van der Waals surface area contributed by atoms with E-state index in [1.165, 1.54) is 0 Å². The Kier molecular flexibility index (Phi) is 7.59. The lowest BCUT2D eigenvalue weighted by Crippen LogP contribution is -2.14. The minimum Gasteiger partial charge on any atom is -0.465 e. The molecule has 0 amide bonds. The summed E-state index contributed by atoms with van der Waals surface area (Å²) in [5, 5.41) is 0. The van der Waals surface area contributed by atoms with E-state index >= 15 is 0 Å². The van der Waals surface area contributed by atoms with E-state index in [-0.39, 0.29) is 38.0 Å². The largest absolute Gasteiger partial charge is 0.465 e. The summed E-state index contributed by atoms with van der Waals surface area (Å²) in [5.41, 5.74) is 6.38. The average molecular weight is 368 g/mol. The maximum Gasteiger partial charge on any atom is 0.310 e. The lowest BCUT2D eigenvalue weighted by Gasteiger charge is -2.09. The molecular formula is C23H28O4. The number of esters is 2. The molecule has 2 rings (SSSR count). The molecule has 4 heteroatoms. The first-order valence-corrected chi connectivity index (χ1v) is 9.28. The number of carbonyl (C=O) groups excluding carboxylic acids is 2. The summed E-state index contributed by atoms with van der Waals surface area (Å²) in [6, 6.07) is 12.1. The summed E-state index contributed by atoms with van der Waals surface area (Å²) in [4.78, 5) is 23.9. The van der Waals surface area contributed by atoms with Gasteiger partial charge in [0.15, 0.2) is 0 Å². The molecule has 27 heavy (non-hydrogen) atoms. The van der Waals surface area contributed by atoms with Gasteiger partial charge in [-0.05, 0) is 49.9 Å². The van der Waals surface area contributed by atoms with Crippen LogP contribution in [0.2, 0.25) is 0 Å². The number of ether oxygens (including phenoxy) is 2. The van der Waals surface area contributed by atoms with Crippen molar-refractivity contribution in [3.05, 3.63) is 69.8 Å². The van der Waals surface area contributed by atoms with Gasteiger partial charge in [-0.3, -0.25) is 9.59 Å². The molecule has 0 aliphatic heterocycles. The molecule has 2 aromatic carbocycles. The second-order valence-electron chi connectivity index (χ2n) is 7.01. The summed E-state index contributed by atoms with van der Waals surface area (Å²) >= 11 is 0. The third kappa shape index (κ3) is 6.89. The summed E-state index contributed by atoms with van der Waals surface area (Å²) in [7, 11) is 0. The molecule has 0 saturated carbocycles. The van der Waals surface area contributed by atoms with Gasteiger partial charge < -0.3 is 9.47 Å². The zero-order chi connectivity index (χ0) is 19.8. The van der Waals surface area contributed by atoms with Crippen LogP contribution >= 0.6 is 0 Å². The number of carbonyl (C=O) groups is 2. The van der Waals surface area contributed by atoms with Gasteiger partial charge in [0.05, 0.1) is 26.1 Å². The van der Waals surface area contributed by atoms with Crippen LogP contribution in [0.3, 0.4) is 0 Å². The molecule has 0 aromatic heterocycles. The fraction of sp³-hybridized carbons (Fsp3) is 0.391. The van der Waals surface area contributed by atoms with E-state index in [0.717, 1.165) is 33.4 Å². The Hall–Kier alpha value is -2.62. The first kappa shape index (κ1) is 20.7. The van der Waals surface area contributed by atoms with Gasteiger partial charge in [-0.2, -0.15) is 0 Å². The van der Waals surface area contributed by atoms with E-state index in [2.05, 4.69) is 0 Å². The Bertz CT molecular complexity index is 741. The van der Waals surface area contributed by atoms with Crippen LogP contribution < -0.4 is 0 Å². The number of benzene rings is 2. The minimum atomic E-state index is -0.259. The molecule has 0 unspecified atom stereocenters. The van der Waals surface area contributed by atoms with Gasteiger partial charge in [-0.15, -0.1) is 0 Å². The third-order valence-corrected chi connectivity index (χ3v) is 4.49. The van der Waals surface area contributed by atoms with Crippen LogP contribution in [0.15, 0.2) is 36.4 Å². The van der Waals surface area contributed by atoms with Crippen molar-refractivity contribution in [3.63, 3.8) is 0 Å². The Morgan fingerprint density at radius 3 is 1.52 bits per heavy atom. The number of aryl methyl sites for hydroxylation is 4. The van der Waals surface area contributed by atoms with Gasteiger partial charge in [0.1, 0.15) is 0 Å². The highest BCUT2D eigenvalue weighted by Gasteiger charge is 2.09. The smallest absolute Gasteiger partial charge is 0.310 e. The molecule has 0 bridgehead atoms. The van der Waals surface area contributed by atoms with E-state index in [4.69, 9.17) is 9.47 Å². The number of hydrogen-bond acceptors (Lipinski definition) is 4. The van der Waals surface area contributed by atoms with Crippen LogP contribution in [0.1, 0.15) is 39.8 Å². The summed E-state index contributed by atoms with van der Waals surface area (Å²) in [6.07, 6.45) is 1.02. The SMILES string of the molecule is Cc1ccc(C)c(CC(=O)OCCCOC(=O)Cc2cc(C)ccc2C)c1. The molecule has 4 nitrogen and oxygen atoms in total. The maximum atomic E-state index is 12.0. The molecule has 0 fully saturated rings. The van der Waals surface area contributed by atoms with Crippen LogP contribution in [0, 0.1) is 27.7 Å². The van der Waals surface area contributed by atoms with Crippen LogP contribution in [0.25, 0.3) is 0 Å². The van der Waals surface area contributed by atoms with Gasteiger partial charge in [-0.25, -0.2) is 0 Å². The van der Waals surface area contributed by atoms with Gasteiger partial charge >= 0.3 is 11.9 Å². The fourth-order valence-corrected chi connectivity index (χ4v) is 2.83. The average Bonchev–Trinajstić information content (AvgIpc) is 2.61. The van der Waals surface area contributed by atoms with Crippen molar-refractivity contribution in [2.24, 2.45) is 0 Å². The molecule has 0 aliphatic rings. The molecular weight excluding hydrogens is 340 g/mol. The Balaban J connectivity index is 1.66. The molecule has 0 N–H and O–H groups in total. The third-order valence-electron chi connectivity index (χ3n) is 4.49. The van der Waals surface area contributed by atoms with Crippen molar-refractivity contribution >= 4 is 11.9 Å². The first-order valence-electron chi connectivity index (χ1n) is 9.28. The van der Waals surface area contributed by atoms with Crippen molar-refractivity contribution < 1.29 is 19.1 Å². The maximum absolute atomic E-state index is 12.0. The fourth-order valence-electron chi connectivity index (χ4n) is 2.83. The Morgan fingerprint density at radius 1 is 0.704 bits per heavy atom. The predicted molar refractivity (Wildman–Crippen MR) is 106 cm³/mol. The highest BCUT2D eigenvalue weighted by atomic mass is 16.5. The molecule has 0 atom stereocenters.